The van der Waals surface area contributed by atoms with Gasteiger partial charge in [-0.1, -0.05) is 24.3 Å². The van der Waals surface area contributed by atoms with Gasteiger partial charge in [0.25, 0.3) is 0 Å². The minimum atomic E-state index is -1.00. The molecule has 0 spiro atoms. The zero-order chi connectivity index (χ0) is 26.8. The van der Waals surface area contributed by atoms with Gasteiger partial charge < -0.3 is 25.3 Å². The Morgan fingerprint density at radius 3 is 2.63 bits per heavy atom. The number of carbonyl (C=O) groups is 1. The Hall–Kier alpha value is -3.82. The summed E-state index contributed by atoms with van der Waals surface area (Å²) in [7, 11) is 1.70. The molecule has 3 aromatic rings. The number of allylic oxidation sites excluding steroid dienone is 1. The molecule has 3 unspecified atom stereocenters. The molecule has 200 valence electrons. The molecule has 1 aliphatic heterocycles. The molecule has 2 aromatic carbocycles. The number of ether oxygens (including phenoxy) is 2. The standard InChI is InChI=1S/C29H35N5O4/c1-18(19-9-11-37-12-10-19)38-23-8-4-6-21(14-23)20-5-3-7-22(13-20)34-28(26(16-32-34)29(35)36)25-15-24(25)27(30)17-33(2)31/h3-8,13-14,16-19,24-25H,9-12,15,30-31H2,1-2H3,(H,35,36)/b27-17-. The number of aromatic nitrogens is 2. The van der Waals surface area contributed by atoms with Crippen LogP contribution in [-0.2, 0) is 4.74 Å². The Kier molecular flexibility index (Phi) is 7.40. The fourth-order valence-electron chi connectivity index (χ4n) is 5.34. The van der Waals surface area contributed by atoms with Gasteiger partial charge in [-0.3, -0.25) is 0 Å². The van der Waals surface area contributed by atoms with Gasteiger partial charge in [0, 0.05) is 44.0 Å². The van der Waals surface area contributed by atoms with Crippen molar-refractivity contribution in [3.8, 4) is 22.6 Å². The molecule has 2 aliphatic rings. The van der Waals surface area contributed by atoms with Crippen molar-refractivity contribution in [2.24, 2.45) is 23.4 Å². The molecule has 0 bridgehead atoms. The third-order valence-corrected chi connectivity index (χ3v) is 7.47. The number of hydrogen-bond donors (Lipinski definition) is 3. The highest BCUT2D eigenvalue weighted by atomic mass is 16.5. The second-order valence-electron chi connectivity index (χ2n) is 10.3. The molecule has 1 saturated carbocycles. The van der Waals surface area contributed by atoms with Crippen LogP contribution in [0.5, 0.6) is 5.75 Å². The lowest BCUT2D eigenvalue weighted by Gasteiger charge is -2.28. The first-order valence-electron chi connectivity index (χ1n) is 13.0. The van der Waals surface area contributed by atoms with E-state index in [0.717, 1.165) is 55.0 Å². The number of nitrogens with two attached hydrogens (primary N) is 2. The monoisotopic (exact) mass is 517 g/mol. The number of carboxylic acid groups (broad SMARTS) is 1. The van der Waals surface area contributed by atoms with Crippen molar-refractivity contribution >= 4 is 5.97 Å². The van der Waals surface area contributed by atoms with E-state index >= 15 is 0 Å². The Bertz CT molecular complexity index is 1330. The topological polar surface area (TPSA) is 129 Å². The zero-order valence-corrected chi connectivity index (χ0v) is 21.8. The van der Waals surface area contributed by atoms with E-state index in [4.69, 9.17) is 21.1 Å². The van der Waals surface area contributed by atoms with Crippen LogP contribution >= 0.6 is 0 Å². The van der Waals surface area contributed by atoms with Crippen LogP contribution in [0.1, 0.15) is 48.2 Å². The summed E-state index contributed by atoms with van der Waals surface area (Å²) in [5.74, 6) is 6.00. The van der Waals surface area contributed by atoms with Crippen LogP contribution < -0.4 is 16.3 Å². The summed E-state index contributed by atoms with van der Waals surface area (Å²) in [6, 6.07) is 16.0. The average molecular weight is 518 g/mol. The molecule has 2 fully saturated rings. The molecule has 5 rings (SSSR count). The molecule has 2 heterocycles. The van der Waals surface area contributed by atoms with Crippen molar-refractivity contribution in [1.29, 1.82) is 0 Å². The summed E-state index contributed by atoms with van der Waals surface area (Å²) < 4.78 is 13.5. The molecule has 0 radical (unpaired) electrons. The highest BCUT2D eigenvalue weighted by molar-refractivity contribution is 5.89. The van der Waals surface area contributed by atoms with E-state index in [2.05, 4.69) is 12.0 Å². The third-order valence-electron chi connectivity index (χ3n) is 7.47. The lowest BCUT2D eigenvalue weighted by molar-refractivity contribution is 0.0239. The number of nitrogens with zero attached hydrogens (tertiary/aromatic N) is 3. The smallest absolute Gasteiger partial charge is 0.339 e. The fourth-order valence-corrected chi connectivity index (χ4v) is 5.34. The fraction of sp³-hybridized carbons (Fsp3) is 0.379. The van der Waals surface area contributed by atoms with Gasteiger partial charge in [0.05, 0.1) is 23.7 Å². The highest BCUT2D eigenvalue weighted by Crippen LogP contribution is 2.51. The number of rotatable bonds is 9. The third kappa shape index (κ3) is 5.54. The van der Waals surface area contributed by atoms with Crippen molar-refractivity contribution in [3.63, 3.8) is 0 Å². The molecule has 5 N–H and O–H groups in total. The summed E-state index contributed by atoms with van der Waals surface area (Å²) >= 11 is 0. The predicted octanol–water partition coefficient (Wildman–Crippen LogP) is 4.14. The maximum atomic E-state index is 12.0. The van der Waals surface area contributed by atoms with Gasteiger partial charge in [-0.25, -0.2) is 15.3 Å². The summed E-state index contributed by atoms with van der Waals surface area (Å²) in [5.41, 5.74) is 10.5. The molecule has 1 aromatic heterocycles. The average Bonchev–Trinajstić information content (AvgIpc) is 3.58. The predicted molar refractivity (Wildman–Crippen MR) is 145 cm³/mol. The van der Waals surface area contributed by atoms with Gasteiger partial charge in [-0.15, -0.1) is 0 Å². The number of aromatic carboxylic acids is 1. The van der Waals surface area contributed by atoms with Crippen LogP contribution in [0.15, 0.2) is 66.6 Å². The number of benzene rings is 2. The van der Waals surface area contributed by atoms with Crippen molar-refractivity contribution in [2.45, 2.75) is 38.2 Å². The van der Waals surface area contributed by atoms with E-state index < -0.39 is 5.97 Å². The zero-order valence-electron chi connectivity index (χ0n) is 21.8. The highest BCUT2D eigenvalue weighted by Gasteiger charge is 2.45. The second kappa shape index (κ2) is 10.9. The van der Waals surface area contributed by atoms with E-state index in [1.165, 1.54) is 11.2 Å². The Balaban J connectivity index is 1.41. The Labute approximate surface area is 222 Å². The normalized spacial score (nSPS) is 20.7. The molecule has 1 saturated heterocycles. The molecular formula is C29H35N5O4. The molecule has 3 atom stereocenters. The van der Waals surface area contributed by atoms with Gasteiger partial charge in [-0.2, -0.15) is 5.10 Å². The summed E-state index contributed by atoms with van der Waals surface area (Å²) in [6.07, 6.45) is 5.96. The Morgan fingerprint density at radius 2 is 1.92 bits per heavy atom. The first kappa shape index (κ1) is 25.8. The molecule has 1 aliphatic carbocycles. The molecule has 9 heteroatoms. The van der Waals surface area contributed by atoms with Crippen LogP contribution in [0.25, 0.3) is 16.8 Å². The molecular weight excluding hydrogens is 482 g/mol. The van der Waals surface area contributed by atoms with Gasteiger partial charge >= 0.3 is 5.97 Å². The van der Waals surface area contributed by atoms with Crippen LogP contribution in [0.2, 0.25) is 0 Å². The van der Waals surface area contributed by atoms with Crippen LogP contribution in [-0.4, -0.2) is 52.2 Å². The SMILES string of the molecule is CC(Oc1cccc(-c2cccc(-n3ncc(C(=O)O)c3C3CC3/C(N)=C/N(C)N)c2)c1)C1CCOCC1. The van der Waals surface area contributed by atoms with E-state index in [-0.39, 0.29) is 23.5 Å². The number of carboxylic acids is 1. The minimum Gasteiger partial charge on any atom is -0.490 e. The number of hydrogen-bond acceptors (Lipinski definition) is 7. The lowest BCUT2D eigenvalue weighted by atomic mass is 9.95. The Morgan fingerprint density at radius 1 is 1.21 bits per heavy atom. The largest absolute Gasteiger partial charge is 0.490 e. The minimum absolute atomic E-state index is 0.0179. The molecule has 9 nitrogen and oxygen atoms in total. The van der Waals surface area contributed by atoms with E-state index in [9.17, 15) is 9.90 Å². The van der Waals surface area contributed by atoms with E-state index in [0.29, 0.717) is 17.3 Å². The summed E-state index contributed by atoms with van der Waals surface area (Å²) in [6.45, 7) is 3.71. The molecule has 38 heavy (non-hydrogen) atoms. The van der Waals surface area contributed by atoms with Gasteiger partial charge in [0.2, 0.25) is 0 Å². The van der Waals surface area contributed by atoms with Crippen LogP contribution in [0.4, 0.5) is 0 Å². The van der Waals surface area contributed by atoms with Crippen LogP contribution in [0, 0.1) is 11.8 Å². The lowest BCUT2D eigenvalue weighted by Crippen LogP contribution is -2.29. The van der Waals surface area contributed by atoms with Gasteiger partial charge in [0.15, 0.2) is 0 Å². The summed E-state index contributed by atoms with van der Waals surface area (Å²) in [4.78, 5) is 12.0. The van der Waals surface area contributed by atoms with Crippen molar-refractivity contribution in [3.05, 3.63) is 77.9 Å². The van der Waals surface area contributed by atoms with E-state index in [1.807, 2.05) is 48.5 Å². The van der Waals surface area contributed by atoms with Crippen molar-refractivity contribution in [2.75, 3.05) is 20.3 Å². The van der Waals surface area contributed by atoms with Crippen molar-refractivity contribution < 1.29 is 19.4 Å². The van der Waals surface area contributed by atoms with Gasteiger partial charge in [-0.05, 0) is 67.5 Å². The first-order valence-corrected chi connectivity index (χ1v) is 13.0. The molecule has 0 amide bonds. The summed E-state index contributed by atoms with van der Waals surface area (Å²) in [5, 5.41) is 15.7. The van der Waals surface area contributed by atoms with Crippen molar-refractivity contribution in [1.82, 2.24) is 14.8 Å². The maximum absolute atomic E-state index is 12.0. The number of hydrazine groups is 1. The quantitative estimate of drug-likeness (QED) is 0.285. The maximum Gasteiger partial charge on any atom is 0.339 e. The van der Waals surface area contributed by atoms with Gasteiger partial charge in [0.1, 0.15) is 11.3 Å². The second-order valence-corrected chi connectivity index (χ2v) is 10.3. The van der Waals surface area contributed by atoms with E-state index in [1.54, 1.807) is 17.9 Å². The first-order chi connectivity index (χ1) is 18.3. The van der Waals surface area contributed by atoms with Crippen LogP contribution in [0.3, 0.4) is 0 Å².